The largest absolute Gasteiger partial charge is 0.352 e. The second kappa shape index (κ2) is 13.4. The van der Waals surface area contributed by atoms with E-state index in [1.165, 1.54) is 17.0 Å². The van der Waals surface area contributed by atoms with Crippen LogP contribution >= 0.6 is 0 Å². The number of carbonyl (C=O) groups is 2. The molecule has 0 saturated heterocycles. The van der Waals surface area contributed by atoms with Crippen LogP contribution in [0.1, 0.15) is 58.1 Å². The minimum absolute atomic E-state index is 0.0527. The smallest absolute Gasteiger partial charge is 0.264 e. The Bertz CT molecular complexity index is 1330. The van der Waals surface area contributed by atoms with Crippen molar-refractivity contribution in [2.75, 3.05) is 10.8 Å². The van der Waals surface area contributed by atoms with E-state index in [9.17, 15) is 18.0 Å². The highest BCUT2D eigenvalue weighted by Gasteiger charge is 2.32. The highest BCUT2D eigenvalue weighted by Crippen LogP contribution is 2.26. The maximum Gasteiger partial charge on any atom is 0.264 e. The molecule has 0 heterocycles. The average molecular weight is 550 g/mol. The molecular weight excluding hydrogens is 510 g/mol. The molecule has 3 aromatic carbocycles. The third-order valence-electron chi connectivity index (χ3n) is 6.82. The first-order chi connectivity index (χ1) is 18.5. The molecule has 2 atom stereocenters. The summed E-state index contributed by atoms with van der Waals surface area (Å²) in [7, 11) is -4.07. The Hall–Kier alpha value is -3.65. The van der Waals surface area contributed by atoms with Gasteiger partial charge in [0.25, 0.3) is 10.0 Å². The second-order valence-corrected chi connectivity index (χ2v) is 11.9. The Balaban J connectivity index is 2.01. The van der Waals surface area contributed by atoms with Gasteiger partial charge in [-0.15, -0.1) is 0 Å². The molecule has 3 rings (SSSR count). The molecule has 0 unspecified atom stereocenters. The molecule has 0 spiro atoms. The van der Waals surface area contributed by atoms with Crippen LogP contribution in [0.4, 0.5) is 5.69 Å². The lowest BCUT2D eigenvalue weighted by Gasteiger charge is -2.32. The van der Waals surface area contributed by atoms with Crippen LogP contribution in [0.15, 0.2) is 89.8 Å². The summed E-state index contributed by atoms with van der Waals surface area (Å²) in [6.07, 6.45) is 0.751. The molecular formula is C31H39N3O4S. The zero-order valence-corrected chi connectivity index (χ0v) is 24.2. The predicted octanol–water partition coefficient (Wildman–Crippen LogP) is 5.34. The van der Waals surface area contributed by atoms with E-state index in [-0.39, 0.29) is 29.3 Å². The van der Waals surface area contributed by atoms with E-state index in [1.807, 2.05) is 56.3 Å². The van der Waals surface area contributed by atoms with Crippen LogP contribution in [0.5, 0.6) is 0 Å². The normalized spacial score (nSPS) is 13.0. The number of sulfonamides is 1. The van der Waals surface area contributed by atoms with Gasteiger partial charge in [-0.1, -0.05) is 81.4 Å². The van der Waals surface area contributed by atoms with Crippen LogP contribution in [-0.2, 0) is 26.2 Å². The van der Waals surface area contributed by atoms with E-state index in [4.69, 9.17) is 0 Å². The molecule has 208 valence electrons. The first kappa shape index (κ1) is 29.9. The standard InChI is InChI=1S/C31H39N3O4S/c1-6-24(4)32-31(36)25(5)33(21-26-13-9-7-10-14-26)30(35)22-34(28-19-17-27(18-20-28)23(2)3)39(37,38)29-15-11-8-12-16-29/h7-20,23-25H,6,21-22H2,1-5H3,(H,32,36)/t24-,25+/m0/s1. The highest BCUT2D eigenvalue weighted by atomic mass is 32.2. The molecule has 0 aliphatic carbocycles. The van der Waals surface area contributed by atoms with Gasteiger partial charge in [0.15, 0.2) is 0 Å². The van der Waals surface area contributed by atoms with Crippen molar-refractivity contribution < 1.29 is 18.0 Å². The predicted molar refractivity (Wildman–Crippen MR) is 156 cm³/mol. The van der Waals surface area contributed by atoms with Gasteiger partial charge in [0.1, 0.15) is 12.6 Å². The highest BCUT2D eigenvalue weighted by molar-refractivity contribution is 7.92. The van der Waals surface area contributed by atoms with Gasteiger partial charge in [0.2, 0.25) is 11.8 Å². The van der Waals surface area contributed by atoms with Gasteiger partial charge >= 0.3 is 0 Å². The van der Waals surface area contributed by atoms with Crippen LogP contribution < -0.4 is 9.62 Å². The molecule has 3 aromatic rings. The second-order valence-electron chi connectivity index (χ2n) is 10.1. The number of benzene rings is 3. The van der Waals surface area contributed by atoms with Crippen molar-refractivity contribution >= 4 is 27.5 Å². The van der Waals surface area contributed by atoms with E-state index in [0.29, 0.717) is 5.69 Å². The lowest BCUT2D eigenvalue weighted by atomic mass is 10.0. The van der Waals surface area contributed by atoms with Crippen molar-refractivity contribution in [3.63, 3.8) is 0 Å². The number of anilines is 1. The van der Waals surface area contributed by atoms with E-state index in [2.05, 4.69) is 19.2 Å². The molecule has 0 aliphatic rings. The van der Waals surface area contributed by atoms with Gasteiger partial charge in [-0.3, -0.25) is 13.9 Å². The number of rotatable bonds is 12. The first-order valence-corrected chi connectivity index (χ1v) is 14.8. The van der Waals surface area contributed by atoms with Gasteiger partial charge in [-0.25, -0.2) is 8.42 Å². The Kier molecular flexibility index (Phi) is 10.3. The van der Waals surface area contributed by atoms with Gasteiger partial charge in [-0.2, -0.15) is 0 Å². The minimum Gasteiger partial charge on any atom is -0.352 e. The van der Waals surface area contributed by atoms with Crippen LogP contribution in [-0.4, -0.2) is 43.8 Å². The molecule has 0 saturated carbocycles. The Morgan fingerprint density at radius 2 is 1.38 bits per heavy atom. The molecule has 0 aliphatic heterocycles. The van der Waals surface area contributed by atoms with Crippen LogP contribution in [0.2, 0.25) is 0 Å². The van der Waals surface area contributed by atoms with E-state index in [1.54, 1.807) is 37.3 Å². The number of carbonyl (C=O) groups excluding carboxylic acids is 2. The molecule has 0 radical (unpaired) electrons. The van der Waals surface area contributed by atoms with Crippen molar-refractivity contribution in [3.05, 3.63) is 96.1 Å². The Morgan fingerprint density at radius 3 is 1.92 bits per heavy atom. The van der Waals surface area contributed by atoms with Crippen LogP contribution in [0.25, 0.3) is 0 Å². The minimum atomic E-state index is -4.07. The summed E-state index contributed by atoms with van der Waals surface area (Å²) in [6.45, 7) is 9.38. The number of hydrogen-bond acceptors (Lipinski definition) is 4. The first-order valence-electron chi connectivity index (χ1n) is 13.4. The fraction of sp³-hybridized carbons (Fsp3) is 0.355. The molecule has 7 nitrogen and oxygen atoms in total. The third-order valence-corrected chi connectivity index (χ3v) is 8.61. The summed E-state index contributed by atoms with van der Waals surface area (Å²) in [6, 6.07) is 23.8. The fourth-order valence-electron chi connectivity index (χ4n) is 4.10. The summed E-state index contributed by atoms with van der Waals surface area (Å²) in [5.74, 6) is -0.489. The maximum absolute atomic E-state index is 13.9. The zero-order chi connectivity index (χ0) is 28.6. The Morgan fingerprint density at radius 1 is 0.821 bits per heavy atom. The lowest BCUT2D eigenvalue weighted by molar-refractivity contribution is -0.139. The summed E-state index contributed by atoms with van der Waals surface area (Å²) < 4.78 is 28.8. The fourth-order valence-corrected chi connectivity index (χ4v) is 5.54. The van der Waals surface area contributed by atoms with Crippen molar-refractivity contribution in [1.82, 2.24) is 10.2 Å². The number of amides is 2. The van der Waals surface area contributed by atoms with Crippen molar-refractivity contribution in [3.8, 4) is 0 Å². The molecule has 0 fully saturated rings. The summed E-state index contributed by atoms with van der Waals surface area (Å²) in [4.78, 5) is 28.5. The monoisotopic (exact) mass is 549 g/mol. The van der Waals surface area contributed by atoms with Crippen LogP contribution in [0, 0.1) is 0 Å². The number of nitrogens with zero attached hydrogens (tertiary/aromatic N) is 2. The van der Waals surface area contributed by atoms with E-state index < -0.39 is 28.5 Å². The number of hydrogen-bond donors (Lipinski definition) is 1. The maximum atomic E-state index is 13.9. The Labute approximate surface area is 232 Å². The zero-order valence-electron chi connectivity index (χ0n) is 23.4. The summed E-state index contributed by atoms with van der Waals surface area (Å²) in [5, 5.41) is 2.94. The van der Waals surface area contributed by atoms with Crippen molar-refractivity contribution in [2.24, 2.45) is 0 Å². The molecule has 0 aromatic heterocycles. The molecule has 8 heteroatoms. The molecule has 2 amide bonds. The number of nitrogens with one attached hydrogen (secondary N) is 1. The summed E-state index contributed by atoms with van der Waals surface area (Å²) in [5.41, 5.74) is 2.28. The topological polar surface area (TPSA) is 86.8 Å². The van der Waals surface area contributed by atoms with E-state index in [0.717, 1.165) is 21.9 Å². The molecule has 1 N–H and O–H groups in total. The van der Waals surface area contributed by atoms with Gasteiger partial charge in [-0.05, 0) is 61.6 Å². The van der Waals surface area contributed by atoms with Gasteiger partial charge < -0.3 is 10.2 Å². The van der Waals surface area contributed by atoms with Crippen molar-refractivity contribution in [1.29, 1.82) is 0 Å². The van der Waals surface area contributed by atoms with Crippen LogP contribution in [0.3, 0.4) is 0 Å². The SMILES string of the molecule is CC[C@H](C)NC(=O)[C@@H](C)N(Cc1ccccc1)C(=O)CN(c1ccc(C(C)C)cc1)S(=O)(=O)c1ccccc1. The molecule has 39 heavy (non-hydrogen) atoms. The lowest BCUT2D eigenvalue weighted by Crippen LogP contribution is -2.52. The average Bonchev–Trinajstić information content (AvgIpc) is 2.95. The quantitative estimate of drug-likeness (QED) is 0.331. The van der Waals surface area contributed by atoms with E-state index >= 15 is 0 Å². The third kappa shape index (κ3) is 7.69. The van der Waals surface area contributed by atoms with Crippen molar-refractivity contribution in [2.45, 2.75) is 70.5 Å². The van der Waals surface area contributed by atoms with Gasteiger partial charge in [0, 0.05) is 12.6 Å². The van der Waals surface area contributed by atoms with Gasteiger partial charge in [0.05, 0.1) is 10.6 Å². The summed E-state index contributed by atoms with van der Waals surface area (Å²) >= 11 is 0. The molecule has 0 bridgehead atoms.